The van der Waals surface area contributed by atoms with Crippen LogP contribution in [0.15, 0.2) is 66.9 Å². The first-order valence-electron chi connectivity index (χ1n) is 9.85. The van der Waals surface area contributed by atoms with E-state index in [4.69, 9.17) is 0 Å². The Balaban J connectivity index is 1.25. The molecule has 1 aliphatic carbocycles. The lowest BCUT2D eigenvalue weighted by Gasteiger charge is -2.39. The third-order valence-electron chi connectivity index (χ3n) is 5.58. The summed E-state index contributed by atoms with van der Waals surface area (Å²) in [6.07, 6.45) is 4.49. The summed E-state index contributed by atoms with van der Waals surface area (Å²) >= 11 is 0. The van der Waals surface area contributed by atoms with Crippen LogP contribution >= 0.6 is 0 Å². The summed E-state index contributed by atoms with van der Waals surface area (Å²) in [6, 6.07) is 20.2. The highest BCUT2D eigenvalue weighted by molar-refractivity contribution is 5.76. The highest BCUT2D eigenvalue weighted by Crippen LogP contribution is 2.39. The zero-order valence-corrected chi connectivity index (χ0v) is 15.6. The van der Waals surface area contributed by atoms with Gasteiger partial charge in [-0.05, 0) is 24.0 Å². The van der Waals surface area contributed by atoms with Crippen LogP contribution in [0.1, 0.15) is 47.7 Å². The normalized spacial score (nSPS) is 16.8. The molecule has 0 unspecified atom stereocenters. The molecule has 1 aromatic heterocycles. The molecule has 1 saturated heterocycles. The topological polar surface area (TPSA) is 63.1 Å². The van der Waals surface area contributed by atoms with Crippen LogP contribution in [-0.2, 0) is 0 Å². The van der Waals surface area contributed by atoms with Gasteiger partial charge in [-0.3, -0.25) is 0 Å². The number of carbonyl (C=O) groups excluding carboxylic acids is 1. The summed E-state index contributed by atoms with van der Waals surface area (Å²) in [5.41, 5.74) is 3.24. The number of hydrogen-bond donors (Lipinski definition) is 1. The number of hydrogen-bond acceptors (Lipinski definition) is 3. The summed E-state index contributed by atoms with van der Waals surface area (Å²) in [6.45, 7) is 1.32. The van der Waals surface area contributed by atoms with Crippen molar-refractivity contribution in [1.29, 1.82) is 0 Å². The van der Waals surface area contributed by atoms with E-state index in [1.54, 1.807) is 0 Å². The molecule has 0 spiro atoms. The Morgan fingerprint density at radius 1 is 0.964 bits per heavy atom. The van der Waals surface area contributed by atoms with E-state index in [0.29, 0.717) is 19.0 Å². The molecular weight excluding hydrogens is 350 g/mol. The highest BCUT2D eigenvalue weighted by Gasteiger charge is 2.35. The van der Waals surface area contributed by atoms with Crippen molar-refractivity contribution in [2.24, 2.45) is 0 Å². The number of urea groups is 1. The number of carbonyl (C=O) groups is 1. The maximum Gasteiger partial charge on any atom is 0.318 e. The zero-order valence-electron chi connectivity index (χ0n) is 15.6. The number of nitrogens with zero attached hydrogens (tertiary/aromatic N) is 4. The van der Waals surface area contributed by atoms with Crippen molar-refractivity contribution in [3.8, 4) is 0 Å². The summed E-state index contributed by atoms with van der Waals surface area (Å²) in [5.74, 6) is 0.603. The first kappa shape index (κ1) is 17.0. The first-order chi connectivity index (χ1) is 13.8. The highest BCUT2D eigenvalue weighted by atomic mass is 16.2. The first-order valence-corrected chi connectivity index (χ1v) is 9.85. The summed E-state index contributed by atoms with van der Waals surface area (Å²) in [4.78, 5) is 14.7. The summed E-state index contributed by atoms with van der Waals surface area (Å²) < 4.78 is 1.92. The molecule has 3 aromatic rings. The van der Waals surface area contributed by atoms with E-state index >= 15 is 0 Å². The lowest BCUT2D eigenvalue weighted by Crippen LogP contribution is -2.55. The fourth-order valence-electron chi connectivity index (χ4n) is 3.69. The quantitative estimate of drug-likeness (QED) is 0.744. The van der Waals surface area contributed by atoms with Crippen molar-refractivity contribution < 1.29 is 4.79 Å². The molecule has 1 N–H and O–H groups in total. The van der Waals surface area contributed by atoms with E-state index in [1.165, 1.54) is 12.8 Å². The molecule has 6 nitrogen and oxygen atoms in total. The third-order valence-corrected chi connectivity index (χ3v) is 5.58. The van der Waals surface area contributed by atoms with Gasteiger partial charge in [0.2, 0.25) is 0 Å². The molecule has 0 bridgehead atoms. The Kier molecular flexibility index (Phi) is 4.31. The van der Waals surface area contributed by atoms with Gasteiger partial charge in [0.15, 0.2) is 0 Å². The van der Waals surface area contributed by atoms with Crippen molar-refractivity contribution in [1.82, 2.24) is 25.2 Å². The second-order valence-electron chi connectivity index (χ2n) is 7.66. The largest absolute Gasteiger partial charge is 0.327 e. The third kappa shape index (κ3) is 3.38. The summed E-state index contributed by atoms with van der Waals surface area (Å²) in [5, 5.41) is 11.7. The molecule has 2 aliphatic rings. The van der Waals surface area contributed by atoms with Crippen molar-refractivity contribution in [3.63, 3.8) is 0 Å². The number of nitrogens with one attached hydrogen (secondary N) is 1. The number of benzene rings is 2. The van der Waals surface area contributed by atoms with Crippen molar-refractivity contribution in [2.75, 3.05) is 13.1 Å². The lowest BCUT2D eigenvalue weighted by atomic mass is 9.99. The number of aromatic nitrogens is 3. The molecule has 1 aliphatic heterocycles. The van der Waals surface area contributed by atoms with Crippen LogP contribution in [0.4, 0.5) is 4.79 Å². The molecule has 6 heteroatoms. The van der Waals surface area contributed by atoms with E-state index < -0.39 is 0 Å². The van der Waals surface area contributed by atoms with Crippen LogP contribution in [0.3, 0.4) is 0 Å². The Labute approximate surface area is 164 Å². The van der Waals surface area contributed by atoms with E-state index in [2.05, 4.69) is 15.6 Å². The smallest absolute Gasteiger partial charge is 0.318 e. The maximum absolute atomic E-state index is 12.9. The van der Waals surface area contributed by atoms with Crippen LogP contribution in [0, 0.1) is 0 Å². The molecule has 0 atom stereocenters. The van der Waals surface area contributed by atoms with Crippen LogP contribution in [0.5, 0.6) is 0 Å². The van der Waals surface area contributed by atoms with Crippen molar-refractivity contribution >= 4 is 6.03 Å². The van der Waals surface area contributed by atoms with E-state index in [9.17, 15) is 4.79 Å². The average Bonchev–Trinajstić information content (AvgIpc) is 3.45. The van der Waals surface area contributed by atoms with Gasteiger partial charge >= 0.3 is 6.03 Å². The van der Waals surface area contributed by atoms with Gasteiger partial charge < -0.3 is 10.2 Å². The Morgan fingerprint density at radius 2 is 1.57 bits per heavy atom. The van der Waals surface area contributed by atoms with Crippen LogP contribution in [0.25, 0.3) is 0 Å². The Bertz CT molecular complexity index is 906. The van der Waals surface area contributed by atoms with Gasteiger partial charge in [-0.2, -0.15) is 0 Å². The molecule has 2 heterocycles. The lowest BCUT2D eigenvalue weighted by molar-refractivity contribution is 0.116. The van der Waals surface area contributed by atoms with E-state index in [0.717, 1.165) is 16.8 Å². The zero-order chi connectivity index (χ0) is 18.9. The van der Waals surface area contributed by atoms with E-state index in [-0.39, 0.29) is 18.1 Å². The minimum Gasteiger partial charge on any atom is -0.327 e. The molecule has 5 rings (SSSR count). The fourth-order valence-corrected chi connectivity index (χ4v) is 3.69. The predicted molar refractivity (Wildman–Crippen MR) is 106 cm³/mol. The van der Waals surface area contributed by atoms with Gasteiger partial charge in [0.25, 0.3) is 0 Å². The van der Waals surface area contributed by atoms with Crippen LogP contribution in [-0.4, -0.2) is 39.0 Å². The monoisotopic (exact) mass is 373 g/mol. The van der Waals surface area contributed by atoms with Crippen molar-refractivity contribution in [2.45, 2.75) is 30.8 Å². The van der Waals surface area contributed by atoms with Crippen molar-refractivity contribution in [3.05, 3.63) is 83.7 Å². The van der Waals surface area contributed by atoms with Gasteiger partial charge in [-0.25, -0.2) is 9.48 Å². The number of rotatable bonds is 5. The van der Waals surface area contributed by atoms with Gasteiger partial charge in [0, 0.05) is 25.2 Å². The fraction of sp³-hybridized carbons (Fsp3) is 0.318. The Morgan fingerprint density at radius 3 is 2.14 bits per heavy atom. The molecule has 2 fully saturated rings. The second kappa shape index (κ2) is 7.11. The van der Waals surface area contributed by atoms with Crippen LogP contribution in [0.2, 0.25) is 0 Å². The summed E-state index contributed by atoms with van der Waals surface area (Å²) in [7, 11) is 0. The minimum atomic E-state index is -0.165. The molecule has 2 amide bonds. The van der Waals surface area contributed by atoms with E-state index in [1.807, 2.05) is 76.4 Å². The molecule has 28 heavy (non-hydrogen) atoms. The SMILES string of the molecule is O=C(NC(c1ccccc1)c1ccccc1)N1CC(n2cc(C3CC3)nn2)C1. The Hall–Kier alpha value is -3.15. The maximum atomic E-state index is 12.9. The molecule has 142 valence electrons. The van der Waals surface area contributed by atoms with Gasteiger partial charge in [0.05, 0.1) is 17.8 Å². The second-order valence-corrected chi connectivity index (χ2v) is 7.66. The minimum absolute atomic E-state index is 0.0449. The van der Waals surface area contributed by atoms with Gasteiger partial charge in [-0.15, -0.1) is 5.10 Å². The van der Waals surface area contributed by atoms with Crippen LogP contribution < -0.4 is 5.32 Å². The standard InChI is InChI=1S/C22H23N5O/c28-22(26-13-19(14-26)27-15-20(24-25-27)16-11-12-16)23-21(17-7-3-1-4-8-17)18-9-5-2-6-10-18/h1-10,15-16,19,21H,11-14H2,(H,23,28). The number of likely N-dealkylation sites (tertiary alicyclic amines) is 1. The molecule has 2 aromatic carbocycles. The number of amides is 2. The van der Waals surface area contributed by atoms with Gasteiger partial charge in [0.1, 0.15) is 0 Å². The van der Waals surface area contributed by atoms with Gasteiger partial charge in [-0.1, -0.05) is 65.9 Å². The molecular formula is C22H23N5O. The average molecular weight is 373 g/mol. The predicted octanol–water partition coefficient (Wildman–Crippen LogP) is 3.51. The molecule has 0 radical (unpaired) electrons. The molecule has 1 saturated carbocycles.